The van der Waals surface area contributed by atoms with Gasteiger partial charge in [0.15, 0.2) is 0 Å². The van der Waals surface area contributed by atoms with Crippen LogP contribution in [0.15, 0.2) is 0 Å². The standard InChI is InChI=1S/C7H14O3/c1-6(2)5-10-4-3-7(8)9/h6H,3-5H2,1-2H3,(H,8,9). The Morgan fingerprint density at radius 3 is 2.60 bits per heavy atom. The van der Waals surface area contributed by atoms with Gasteiger partial charge >= 0.3 is 5.97 Å². The third kappa shape index (κ3) is 7.43. The minimum Gasteiger partial charge on any atom is -0.481 e. The van der Waals surface area contributed by atoms with Crippen LogP contribution in [-0.4, -0.2) is 24.3 Å². The second-order valence-electron chi connectivity index (χ2n) is 2.61. The lowest BCUT2D eigenvalue weighted by Gasteiger charge is -2.03. The Morgan fingerprint density at radius 2 is 2.20 bits per heavy atom. The van der Waals surface area contributed by atoms with E-state index in [-0.39, 0.29) is 6.42 Å². The Morgan fingerprint density at radius 1 is 1.60 bits per heavy atom. The lowest BCUT2D eigenvalue weighted by atomic mass is 10.2. The van der Waals surface area contributed by atoms with Crippen LogP contribution in [0.25, 0.3) is 0 Å². The first kappa shape index (κ1) is 9.43. The van der Waals surface area contributed by atoms with Gasteiger partial charge in [0.25, 0.3) is 0 Å². The van der Waals surface area contributed by atoms with Gasteiger partial charge in [-0.1, -0.05) is 13.8 Å². The molecule has 60 valence electrons. The molecule has 1 N–H and O–H groups in total. The molecule has 0 rings (SSSR count). The highest BCUT2D eigenvalue weighted by Gasteiger charge is 1.97. The van der Waals surface area contributed by atoms with E-state index in [0.29, 0.717) is 19.1 Å². The molecule has 0 aromatic heterocycles. The number of carboxylic acid groups (broad SMARTS) is 1. The highest BCUT2D eigenvalue weighted by molar-refractivity contribution is 5.66. The summed E-state index contributed by atoms with van der Waals surface area (Å²) in [5, 5.41) is 8.20. The van der Waals surface area contributed by atoms with Gasteiger partial charge in [0, 0.05) is 6.61 Å². The molecular weight excluding hydrogens is 132 g/mol. The van der Waals surface area contributed by atoms with Crippen molar-refractivity contribution in [2.75, 3.05) is 13.2 Å². The minimum atomic E-state index is -0.802. The zero-order valence-corrected chi connectivity index (χ0v) is 6.46. The van der Waals surface area contributed by atoms with Gasteiger partial charge < -0.3 is 9.84 Å². The Balaban J connectivity index is 2.98. The maximum absolute atomic E-state index is 9.96. The molecule has 0 radical (unpaired) electrons. The molecule has 0 aromatic carbocycles. The molecule has 10 heavy (non-hydrogen) atoms. The monoisotopic (exact) mass is 146 g/mol. The number of hydrogen-bond acceptors (Lipinski definition) is 2. The molecule has 0 unspecified atom stereocenters. The summed E-state index contributed by atoms with van der Waals surface area (Å²) in [6, 6.07) is 0. The van der Waals surface area contributed by atoms with Crippen molar-refractivity contribution >= 4 is 5.97 Å². The van der Waals surface area contributed by atoms with Crippen molar-refractivity contribution in [2.24, 2.45) is 5.92 Å². The van der Waals surface area contributed by atoms with Crippen LogP contribution in [0, 0.1) is 5.92 Å². The van der Waals surface area contributed by atoms with E-state index < -0.39 is 5.97 Å². The van der Waals surface area contributed by atoms with Crippen molar-refractivity contribution in [1.29, 1.82) is 0 Å². The predicted molar refractivity (Wildman–Crippen MR) is 37.9 cm³/mol. The van der Waals surface area contributed by atoms with Crippen LogP contribution in [0.5, 0.6) is 0 Å². The maximum Gasteiger partial charge on any atom is 0.305 e. The molecule has 0 aliphatic rings. The molecule has 0 spiro atoms. The summed E-state index contributed by atoms with van der Waals surface area (Å²) in [5.41, 5.74) is 0. The van der Waals surface area contributed by atoms with Gasteiger partial charge in [0.1, 0.15) is 0 Å². The van der Waals surface area contributed by atoms with E-state index >= 15 is 0 Å². The SMILES string of the molecule is CC(C)COCCC(=O)O. The Hall–Kier alpha value is -0.570. The van der Waals surface area contributed by atoms with Gasteiger partial charge in [-0.15, -0.1) is 0 Å². The Bertz CT molecular complexity index is 99.0. The van der Waals surface area contributed by atoms with E-state index in [0.717, 1.165) is 0 Å². The van der Waals surface area contributed by atoms with Crippen LogP contribution < -0.4 is 0 Å². The highest BCUT2D eigenvalue weighted by atomic mass is 16.5. The van der Waals surface area contributed by atoms with E-state index in [4.69, 9.17) is 9.84 Å². The first-order valence-corrected chi connectivity index (χ1v) is 3.42. The molecule has 0 heterocycles. The fourth-order valence-corrected chi connectivity index (χ4v) is 0.479. The predicted octanol–water partition coefficient (Wildman–Crippen LogP) is 1.13. The molecule has 0 aliphatic carbocycles. The fraction of sp³-hybridized carbons (Fsp3) is 0.857. The molecule has 0 bridgehead atoms. The van der Waals surface area contributed by atoms with Crippen molar-refractivity contribution in [3.05, 3.63) is 0 Å². The summed E-state index contributed by atoms with van der Waals surface area (Å²) in [6.07, 6.45) is 0.104. The van der Waals surface area contributed by atoms with Crippen LogP contribution in [-0.2, 0) is 9.53 Å². The number of ether oxygens (including phenoxy) is 1. The molecule has 0 saturated carbocycles. The van der Waals surface area contributed by atoms with Gasteiger partial charge in [-0.05, 0) is 5.92 Å². The van der Waals surface area contributed by atoms with Crippen molar-refractivity contribution in [2.45, 2.75) is 20.3 Å². The quantitative estimate of drug-likeness (QED) is 0.591. The summed E-state index contributed by atoms with van der Waals surface area (Å²) in [4.78, 5) is 9.96. The molecular formula is C7H14O3. The average Bonchev–Trinajstić information content (AvgIpc) is 1.79. The van der Waals surface area contributed by atoms with Gasteiger partial charge in [0.05, 0.1) is 13.0 Å². The number of carboxylic acids is 1. The summed E-state index contributed by atoms with van der Waals surface area (Å²) in [7, 11) is 0. The molecule has 3 heteroatoms. The van der Waals surface area contributed by atoms with Gasteiger partial charge in [-0.25, -0.2) is 0 Å². The van der Waals surface area contributed by atoms with Crippen LogP contribution in [0.2, 0.25) is 0 Å². The summed E-state index contributed by atoms with van der Waals surface area (Å²) < 4.78 is 5.03. The largest absolute Gasteiger partial charge is 0.481 e. The summed E-state index contributed by atoms with van der Waals surface area (Å²) in [5.74, 6) is -0.322. The first-order chi connectivity index (χ1) is 4.63. The number of aliphatic carboxylic acids is 1. The number of rotatable bonds is 5. The van der Waals surface area contributed by atoms with Crippen molar-refractivity contribution < 1.29 is 14.6 Å². The normalized spacial score (nSPS) is 10.3. The third-order valence-corrected chi connectivity index (χ3v) is 0.911. The molecule has 0 fully saturated rings. The van der Waals surface area contributed by atoms with Crippen LogP contribution in [0.4, 0.5) is 0 Å². The Labute approximate surface area is 61.0 Å². The van der Waals surface area contributed by atoms with Crippen molar-refractivity contribution in [3.8, 4) is 0 Å². The first-order valence-electron chi connectivity index (χ1n) is 3.42. The summed E-state index contributed by atoms with van der Waals surface area (Å²) in [6.45, 7) is 5.03. The fourth-order valence-electron chi connectivity index (χ4n) is 0.479. The van der Waals surface area contributed by atoms with E-state index in [1.165, 1.54) is 0 Å². The van der Waals surface area contributed by atoms with E-state index in [1.807, 2.05) is 13.8 Å². The topological polar surface area (TPSA) is 46.5 Å². The van der Waals surface area contributed by atoms with Gasteiger partial charge in [-0.3, -0.25) is 4.79 Å². The van der Waals surface area contributed by atoms with Crippen LogP contribution >= 0.6 is 0 Å². The molecule has 0 aromatic rings. The Kier molecular flexibility index (Phi) is 4.94. The zero-order valence-electron chi connectivity index (χ0n) is 6.46. The van der Waals surface area contributed by atoms with Crippen LogP contribution in [0.3, 0.4) is 0 Å². The number of hydrogen-bond donors (Lipinski definition) is 1. The molecule has 0 saturated heterocycles. The van der Waals surface area contributed by atoms with Crippen molar-refractivity contribution in [1.82, 2.24) is 0 Å². The van der Waals surface area contributed by atoms with E-state index in [9.17, 15) is 4.79 Å². The van der Waals surface area contributed by atoms with E-state index in [1.54, 1.807) is 0 Å². The second-order valence-corrected chi connectivity index (χ2v) is 2.61. The van der Waals surface area contributed by atoms with E-state index in [2.05, 4.69) is 0 Å². The molecule has 0 atom stereocenters. The average molecular weight is 146 g/mol. The lowest BCUT2D eigenvalue weighted by Crippen LogP contribution is -2.06. The smallest absolute Gasteiger partial charge is 0.305 e. The van der Waals surface area contributed by atoms with Crippen molar-refractivity contribution in [3.63, 3.8) is 0 Å². The minimum absolute atomic E-state index is 0.104. The molecule has 3 nitrogen and oxygen atoms in total. The highest BCUT2D eigenvalue weighted by Crippen LogP contribution is 1.92. The molecule has 0 amide bonds. The van der Waals surface area contributed by atoms with Crippen LogP contribution in [0.1, 0.15) is 20.3 Å². The second kappa shape index (κ2) is 5.23. The maximum atomic E-state index is 9.96. The summed E-state index contributed by atoms with van der Waals surface area (Å²) >= 11 is 0. The number of carbonyl (C=O) groups is 1. The zero-order chi connectivity index (χ0) is 7.98. The van der Waals surface area contributed by atoms with Gasteiger partial charge in [0.2, 0.25) is 0 Å². The van der Waals surface area contributed by atoms with Gasteiger partial charge in [-0.2, -0.15) is 0 Å². The lowest BCUT2D eigenvalue weighted by molar-refractivity contribution is -0.138. The third-order valence-electron chi connectivity index (χ3n) is 0.911. The molecule has 0 aliphatic heterocycles.